The third-order valence-electron chi connectivity index (χ3n) is 19.5. The van der Waals surface area contributed by atoms with Gasteiger partial charge in [0.2, 0.25) is 0 Å². The molecule has 8 heteroatoms. The Labute approximate surface area is 382 Å². The highest BCUT2D eigenvalue weighted by Gasteiger charge is 2.55. The molecule has 0 atom stereocenters. The second-order valence-corrected chi connectivity index (χ2v) is 40.6. The van der Waals surface area contributed by atoms with Gasteiger partial charge in [0.1, 0.15) is 23.0 Å². The van der Waals surface area contributed by atoms with Crippen molar-refractivity contribution >= 4 is 97.9 Å². The summed E-state index contributed by atoms with van der Waals surface area (Å²) in [6, 6.07) is 61.2. The zero-order chi connectivity index (χ0) is 41.8. The van der Waals surface area contributed by atoms with Crippen molar-refractivity contribution in [1.82, 2.24) is 4.57 Å². The summed E-state index contributed by atoms with van der Waals surface area (Å²) < 4.78 is 17.6. The minimum absolute atomic E-state index is 0.154. The van der Waals surface area contributed by atoms with Gasteiger partial charge in [0.25, 0.3) is 6.71 Å². The predicted octanol–water partition coefficient (Wildman–Crippen LogP) is 11.0. The molecule has 8 aliphatic rings. The van der Waals surface area contributed by atoms with Crippen molar-refractivity contribution in [2.24, 2.45) is 0 Å². The predicted molar refractivity (Wildman–Crippen MR) is 280 cm³/mol. The maximum Gasteiger partial charge on any atom is 0.260 e. The molecule has 0 aliphatic carbocycles. The van der Waals surface area contributed by atoms with E-state index in [9.17, 15) is 0 Å². The van der Waals surface area contributed by atoms with Gasteiger partial charge >= 0.3 is 0 Å². The van der Waals surface area contributed by atoms with E-state index in [0.29, 0.717) is 0 Å². The van der Waals surface area contributed by atoms with Gasteiger partial charge in [-0.05, 0) is 59.0 Å². The second kappa shape index (κ2) is 13.6. The van der Waals surface area contributed by atoms with Gasteiger partial charge in [-0.25, -0.2) is 0 Å². The van der Waals surface area contributed by atoms with Crippen LogP contribution in [0.2, 0.25) is 72.5 Å². The summed E-state index contributed by atoms with van der Waals surface area (Å²) in [7, 11) is -6.22. The monoisotopic (exact) mass is 899 g/mol. The number of hydrogen-bond donors (Lipinski definition) is 0. The Hall–Kier alpha value is -4.35. The van der Waals surface area contributed by atoms with Gasteiger partial charge in [0.05, 0.1) is 49.0 Å². The van der Waals surface area contributed by atoms with Crippen molar-refractivity contribution in [2.75, 3.05) is 0 Å². The van der Waals surface area contributed by atoms with Gasteiger partial charge in [-0.2, -0.15) is 0 Å². The third-order valence-corrected chi connectivity index (χ3v) is 42.5. The zero-order valence-electron chi connectivity index (χ0n) is 37.4. The molecular formula is C56H58BNO2Si4. The fourth-order valence-corrected chi connectivity index (χ4v) is 45.2. The molecule has 4 fully saturated rings. The van der Waals surface area contributed by atoms with Crippen molar-refractivity contribution < 1.29 is 9.47 Å². The van der Waals surface area contributed by atoms with Gasteiger partial charge in [-0.1, -0.05) is 211 Å². The number of rotatable bonds is 2. The van der Waals surface area contributed by atoms with Crippen LogP contribution in [0.3, 0.4) is 0 Å². The summed E-state index contributed by atoms with van der Waals surface area (Å²) in [6.07, 6.45) is 11.5. The molecular weight excluding hydrogens is 842 g/mol. The van der Waals surface area contributed by atoms with E-state index >= 15 is 0 Å². The fraction of sp³-hybridized carbons (Fsp3) is 0.357. The first-order valence-electron chi connectivity index (χ1n) is 25.5. The van der Waals surface area contributed by atoms with Crippen LogP contribution in [0, 0.1) is 0 Å². The molecule has 4 spiro atoms. The van der Waals surface area contributed by atoms with Crippen LogP contribution in [0.4, 0.5) is 0 Å². The fourth-order valence-electron chi connectivity index (χ4n) is 16.4. The number of para-hydroxylation sites is 3. The Morgan fingerprint density at radius 1 is 0.391 bits per heavy atom. The van der Waals surface area contributed by atoms with Crippen LogP contribution in [0.5, 0.6) is 23.0 Å². The van der Waals surface area contributed by atoms with Crippen molar-refractivity contribution in [1.29, 1.82) is 0 Å². The van der Waals surface area contributed by atoms with Crippen LogP contribution >= 0.6 is 0 Å². The Bertz CT molecular complexity index is 2950. The van der Waals surface area contributed by atoms with Crippen LogP contribution in [0.1, 0.15) is 51.4 Å². The molecule has 3 nitrogen and oxygen atoms in total. The van der Waals surface area contributed by atoms with Gasteiger partial charge in [0.15, 0.2) is 0 Å². The standard InChI is InChI=1S/C56H58BNO2Si4/c1-4-18-45(58-46-19-5-2-16-41(46)42-17-3-6-20-47(42)58)40(15-1)39-33-50-56-51(34-39)60-49-38-55-53(62(23-9-10-24-62)30-32-64(55)27-13-14-28-64)36-44(49)57(56)43-35-52-54(37-48(43)59-50)63(25-11-12-26-63)31-29-61(52)21-7-8-22-61/h1-6,15-20,33-38H,7-14,21-32H2. The number of benzene rings is 6. The molecule has 4 saturated heterocycles. The molecule has 1 aromatic heterocycles. The molecule has 6 aromatic carbocycles. The maximum atomic E-state index is 7.54. The minimum Gasteiger partial charge on any atom is -0.458 e. The molecule has 0 unspecified atom stereocenters. The van der Waals surface area contributed by atoms with E-state index in [-0.39, 0.29) is 6.71 Å². The SMILES string of the molecule is c1ccc(-n2c3ccccc3c3ccccc32)c(-c2cc3c4c(c2)Oc2cc5c(cc2B4c2cc4c(cc2O3)[Si]2(CCCC2)CC[Si]42CCCC2)[Si]2(CCCC2)CC[Si]52CCCC2)c1. The van der Waals surface area contributed by atoms with E-state index in [1.165, 1.54) is 166 Å². The summed E-state index contributed by atoms with van der Waals surface area (Å²) in [5.74, 6) is 4.40. The molecule has 7 aromatic rings. The molecule has 15 rings (SSSR count). The number of aromatic nitrogens is 1. The van der Waals surface area contributed by atoms with Gasteiger partial charge in [0, 0.05) is 21.8 Å². The van der Waals surface area contributed by atoms with Crippen molar-refractivity contribution in [2.45, 2.75) is 124 Å². The number of ether oxygens (including phenoxy) is 2. The van der Waals surface area contributed by atoms with Crippen LogP contribution in [-0.2, 0) is 0 Å². The van der Waals surface area contributed by atoms with Crippen LogP contribution in [0.15, 0.2) is 109 Å². The number of fused-ring (bicyclic) bond motifs is 13. The Kier molecular flexibility index (Phi) is 8.05. The van der Waals surface area contributed by atoms with Crippen molar-refractivity contribution in [3.63, 3.8) is 0 Å². The lowest BCUT2D eigenvalue weighted by Crippen LogP contribution is -2.70. The molecule has 0 saturated carbocycles. The van der Waals surface area contributed by atoms with Crippen molar-refractivity contribution in [3.05, 3.63) is 109 Å². The molecule has 0 N–H and O–H groups in total. The first-order chi connectivity index (χ1) is 31.5. The van der Waals surface area contributed by atoms with Crippen LogP contribution < -0.4 is 46.6 Å². The van der Waals surface area contributed by atoms with Gasteiger partial charge < -0.3 is 14.0 Å². The second-order valence-electron chi connectivity index (χ2n) is 22.2. The van der Waals surface area contributed by atoms with E-state index < -0.39 is 32.3 Å². The first kappa shape index (κ1) is 37.8. The largest absolute Gasteiger partial charge is 0.458 e. The average molecular weight is 900 g/mol. The first-order valence-corrected chi connectivity index (χ1v) is 36.0. The highest BCUT2D eigenvalue weighted by Crippen LogP contribution is 2.48. The maximum absolute atomic E-state index is 7.54. The van der Waals surface area contributed by atoms with Gasteiger partial charge in [-0.3, -0.25) is 0 Å². The minimum atomic E-state index is -1.56. The molecule has 64 heavy (non-hydrogen) atoms. The lowest BCUT2D eigenvalue weighted by Gasteiger charge is -2.46. The average Bonchev–Trinajstić information content (AvgIpc) is 4.20. The van der Waals surface area contributed by atoms with E-state index in [4.69, 9.17) is 9.47 Å². The van der Waals surface area contributed by atoms with E-state index in [2.05, 4.69) is 114 Å². The summed E-state index contributed by atoms with van der Waals surface area (Å²) in [6.45, 7) is 0.154. The normalized spacial score (nSPS) is 22.2. The van der Waals surface area contributed by atoms with E-state index in [1.807, 2.05) is 20.7 Å². The summed E-state index contributed by atoms with van der Waals surface area (Å²) in [5, 5.41) is 10.1. The number of nitrogens with zero attached hydrogens (tertiary/aromatic N) is 1. The lowest BCUT2D eigenvalue weighted by atomic mass is 9.35. The summed E-state index contributed by atoms with van der Waals surface area (Å²) in [5.41, 5.74) is 10.3. The summed E-state index contributed by atoms with van der Waals surface area (Å²) >= 11 is 0. The molecule has 318 valence electrons. The smallest absolute Gasteiger partial charge is 0.260 e. The third kappa shape index (κ3) is 5.09. The topological polar surface area (TPSA) is 23.4 Å². The molecule has 0 radical (unpaired) electrons. The Morgan fingerprint density at radius 3 is 1.23 bits per heavy atom. The molecule has 9 heterocycles. The molecule has 8 aliphatic heterocycles. The highest BCUT2D eigenvalue weighted by molar-refractivity contribution is 7.08. The quantitative estimate of drug-likeness (QED) is 0.161. The number of hydrogen-bond acceptors (Lipinski definition) is 2. The van der Waals surface area contributed by atoms with E-state index in [0.717, 1.165) is 11.5 Å². The molecule has 0 bridgehead atoms. The van der Waals surface area contributed by atoms with E-state index in [1.54, 1.807) is 24.2 Å². The Morgan fingerprint density at radius 2 is 0.781 bits per heavy atom. The van der Waals surface area contributed by atoms with Gasteiger partial charge in [-0.15, -0.1) is 0 Å². The van der Waals surface area contributed by atoms with Crippen LogP contribution in [0.25, 0.3) is 38.6 Å². The highest BCUT2D eigenvalue weighted by atomic mass is 28.3. The molecule has 0 amide bonds. The zero-order valence-corrected chi connectivity index (χ0v) is 41.4. The summed E-state index contributed by atoms with van der Waals surface area (Å²) in [4.78, 5) is 0. The Balaban J connectivity index is 0.980. The lowest BCUT2D eigenvalue weighted by molar-refractivity contribution is 0.465. The van der Waals surface area contributed by atoms with Crippen molar-refractivity contribution in [3.8, 4) is 39.8 Å². The van der Waals surface area contributed by atoms with Crippen LogP contribution in [-0.4, -0.2) is 43.6 Å².